The fourth-order valence-electron chi connectivity index (χ4n) is 3.77. The number of carbonyl (C=O) groups is 1. The Hall–Kier alpha value is -1.59. The van der Waals surface area contributed by atoms with Gasteiger partial charge in [-0.1, -0.05) is 30.3 Å². The van der Waals surface area contributed by atoms with Crippen LogP contribution in [0.3, 0.4) is 0 Å². The minimum Gasteiger partial charge on any atom is -0.383 e. The SMILES string of the molecule is COCCN1CC[C@H](NC(=O)N2CC[C@H](Cc3ccccc3)C2)C1. The number of nitrogens with one attached hydrogen (secondary N) is 1. The number of carbonyl (C=O) groups excluding carboxylic acids is 1. The summed E-state index contributed by atoms with van der Waals surface area (Å²) < 4.78 is 5.12. The Kier molecular flexibility index (Phi) is 6.10. The molecule has 0 radical (unpaired) electrons. The van der Waals surface area contributed by atoms with Gasteiger partial charge in [-0.05, 0) is 30.7 Å². The second kappa shape index (κ2) is 8.49. The molecule has 2 aliphatic rings. The largest absolute Gasteiger partial charge is 0.383 e. The lowest BCUT2D eigenvalue weighted by Gasteiger charge is -2.21. The van der Waals surface area contributed by atoms with Gasteiger partial charge < -0.3 is 15.0 Å². The van der Waals surface area contributed by atoms with Crippen LogP contribution in [0.4, 0.5) is 4.79 Å². The van der Waals surface area contributed by atoms with Crippen molar-refractivity contribution in [1.29, 1.82) is 0 Å². The normalized spacial score (nSPS) is 24.5. The van der Waals surface area contributed by atoms with Gasteiger partial charge >= 0.3 is 6.03 Å². The number of hydrogen-bond donors (Lipinski definition) is 1. The van der Waals surface area contributed by atoms with Crippen LogP contribution >= 0.6 is 0 Å². The number of urea groups is 1. The molecule has 0 aromatic heterocycles. The van der Waals surface area contributed by atoms with Crippen LogP contribution < -0.4 is 5.32 Å². The van der Waals surface area contributed by atoms with Crippen molar-refractivity contribution in [2.24, 2.45) is 5.92 Å². The molecule has 24 heavy (non-hydrogen) atoms. The smallest absolute Gasteiger partial charge is 0.317 e. The van der Waals surface area contributed by atoms with Crippen LogP contribution in [0.25, 0.3) is 0 Å². The number of methoxy groups -OCH3 is 1. The van der Waals surface area contributed by atoms with Crippen LogP contribution in [0.5, 0.6) is 0 Å². The van der Waals surface area contributed by atoms with Crippen molar-refractivity contribution in [3.63, 3.8) is 0 Å². The summed E-state index contributed by atoms with van der Waals surface area (Å²) in [6.45, 7) is 5.45. The summed E-state index contributed by atoms with van der Waals surface area (Å²) in [7, 11) is 1.73. The van der Waals surface area contributed by atoms with E-state index in [0.29, 0.717) is 5.92 Å². The van der Waals surface area contributed by atoms with Gasteiger partial charge in [-0.2, -0.15) is 0 Å². The van der Waals surface area contributed by atoms with E-state index < -0.39 is 0 Å². The lowest BCUT2D eigenvalue weighted by atomic mass is 9.99. The highest BCUT2D eigenvalue weighted by atomic mass is 16.5. The molecule has 0 unspecified atom stereocenters. The third kappa shape index (κ3) is 4.71. The zero-order chi connectivity index (χ0) is 16.8. The molecule has 0 bridgehead atoms. The third-order valence-electron chi connectivity index (χ3n) is 5.15. The van der Waals surface area contributed by atoms with Crippen LogP contribution in [0.15, 0.2) is 30.3 Å². The van der Waals surface area contributed by atoms with Gasteiger partial charge in [0.15, 0.2) is 0 Å². The first kappa shape index (κ1) is 17.2. The first-order valence-electron chi connectivity index (χ1n) is 9.05. The van der Waals surface area contributed by atoms with Gasteiger partial charge in [-0.25, -0.2) is 4.79 Å². The third-order valence-corrected chi connectivity index (χ3v) is 5.15. The molecule has 1 aromatic carbocycles. The van der Waals surface area contributed by atoms with E-state index in [1.54, 1.807) is 7.11 Å². The molecule has 2 atom stereocenters. The molecule has 2 saturated heterocycles. The fraction of sp³-hybridized carbons (Fsp3) is 0.632. The molecule has 1 aromatic rings. The molecule has 2 aliphatic heterocycles. The number of rotatable bonds is 6. The van der Waals surface area contributed by atoms with E-state index in [4.69, 9.17) is 4.74 Å². The van der Waals surface area contributed by atoms with E-state index in [1.165, 1.54) is 5.56 Å². The van der Waals surface area contributed by atoms with Crippen molar-refractivity contribution < 1.29 is 9.53 Å². The molecular weight excluding hydrogens is 302 g/mol. The molecule has 0 saturated carbocycles. The Labute approximate surface area is 145 Å². The predicted octanol–water partition coefficient (Wildman–Crippen LogP) is 1.98. The summed E-state index contributed by atoms with van der Waals surface area (Å²) >= 11 is 0. The van der Waals surface area contributed by atoms with Crippen LogP contribution in [-0.2, 0) is 11.2 Å². The van der Waals surface area contributed by atoms with Gasteiger partial charge in [0.1, 0.15) is 0 Å². The Balaban J connectivity index is 1.40. The molecule has 5 heteroatoms. The maximum atomic E-state index is 12.5. The number of hydrogen-bond acceptors (Lipinski definition) is 3. The summed E-state index contributed by atoms with van der Waals surface area (Å²) in [5.74, 6) is 0.583. The van der Waals surface area contributed by atoms with E-state index >= 15 is 0 Å². The lowest BCUT2D eigenvalue weighted by Crippen LogP contribution is -2.45. The Morgan fingerprint density at radius 2 is 2.04 bits per heavy atom. The molecule has 0 spiro atoms. The number of nitrogens with zero attached hydrogens (tertiary/aromatic N) is 2. The second-order valence-electron chi connectivity index (χ2n) is 7.02. The minimum absolute atomic E-state index is 0.115. The number of amides is 2. The first-order valence-corrected chi connectivity index (χ1v) is 9.05. The van der Waals surface area contributed by atoms with Crippen LogP contribution in [0, 0.1) is 5.92 Å². The monoisotopic (exact) mass is 331 g/mol. The predicted molar refractivity (Wildman–Crippen MR) is 95.1 cm³/mol. The van der Waals surface area contributed by atoms with Gasteiger partial charge in [0.2, 0.25) is 0 Å². The summed E-state index contributed by atoms with van der Waals surface area (Å²) in [5.41, 5.74) is 1.37. The van der Waals surface area contributed by atoms with Gasteiger partial charge in [-0.15, -0.1) is 0 Å². The number of ether oxygens (including phenoxy) is 1. The maximum absolute atomic E-state index is 12.5. The van der Waals surface area contributed by atoms with Gasteiger partial charge in [0.05, 0.1) is 6.61 Å². The second-order valence-corrected chi connectivity index (χ2v) is 7.02. The zero-order valence-corrected chi connectivity index (χ0v) is 14.6. The molecule has 2 fully saturated rings. The summed E-state index contributed by atoms with van der Waals surface area (Å²) in [5, 5.41) is 3.22. The standard InChI is InChI=1S/C19H29N3O2/c1-24-12-11-21-9-8-18(15-21)20-19(23)22-10-7-17(14-22)13-16-5-3-2-4-6-16/h2-6,17-18H,7-15H2,1H3,(H,20,23)/t17-,18+/m1/s1. The lowest BCUT2D eigenvalue weighted by molar-refractivity contribution is 0.159. The van der Waals surface area contributed by atoms with Crippen molar-refractivity contribution in [3.8, 4) is 0 Å². The van der Waals surface area contributed by atoms with Gasteiger partial charge in [0, 0.05) is 45.9 Å². The average molecular weight is 331 g/mol. The zero-order valence-electron chi connectivity index (χ0n) is 14.6. The fourth-order valence-corrected chi connectivity index (χ4v) is 3.77. The van der Waals surface area contributed by atoms with E-state index in [-0.39, 0.29) is 12.1 Å². The number of likely N-dealkylation sites (tertiary alicyclic amines) is 2. The van der Waals surface area contributed by atoms with Gasteiger partial charge in [-0.3, -0.25) is 4.90 Å². The quantitative estimate of drug-likeness (QED) is 0.867. The molecular formula is C19H29N3O2. The summed E-state index contributed by atoms with van der Waals surface area (Å²) in [4.78, 5) is 16.8. The highest BCUT2D eigenvalue weighted by Gasteiger charge is 2.29. The molecule has 3 rings (SSSR count). The highest BCUT2D eigenvalue weighted by molar-refractivity contribution is 5.74. The van der Waals surface area contributed by atoms with Crippen molar-refractivity contribution in [1.82, 2.24) is 15.1 Å². The molecule has 132 valence electrons. The topological polar surface area (TPSA) is 44.8 Å². The van der Waals surface area contributed by atoms with Crippen LogP contribution in [0.1, 0.15) is 18.4 Å². The van der Waals surface area contributed by atoms with E-state index in [2.05, 4.69) is 40.5 Å². The van der Waals surface area contributed by atoms with Crippen molar-refractivity contribution in [2.75, 3.05) is 46.4 Å². The van der Waals surface area contributed by atoms with Crippen LogP contribution in [-0.4, -0.2) is 68.3 Å². The molecule has 2 heterocycles. The summed E-state index contributed by atoms with van der Waals surface area (Å²) in [6, 6.07) is 11.0. The Bertz CT molecular complexity index is 523. The van der Waals surface area contributed by atoms with Crippen molar-refractivity contribution in [3.05, 3.63) is 35.9 Å². The van der Waals surface area contributed by atoms with Gasteiger partial charge in [0.25, 0.3) is 0 Å². The van der Waals surface area contributed by atoms with E-state index in [1.807, 2.05) is 4.90 Å². The molecule has 1 N–H and O–H groups in total. The minimum atomic E-state index is 0.115. The summed E-state index contributed by atoms with van der Waals surface area (Å²) in [6.07, 6.45) is 3.21. The highest BCUT2D eigenvalue weighted by Crippen LogP contribution is 2.21. The molecule has 0 aliphatic carbocycles. The van der Waals surface area contributed by atoms with Crippen LogP contribution in [0.2, 0.25) is 0 Å². The molecule has 2 amide bonds. The molecule has 5 nitrogen and oxygen atoms in total. The van der Waals surface area contributed by atoms with Crippen molar-refractivity contribution >= 4 is 6.03 Å². The number of benzene rings is 1. The Morgan fingerprint density at radius 3 is 2.83 bits per heavy atom. The average Bonchev–Trinajstić information content (AvgIpc) is 3.23. The van der Waals surface area contributed by atoms with E-state index in [9.17, 15) is 4.79 Å². The van der Waals surface area contributed by atoms with E-state index in [0.717, 1.165) is 58.6 Å². The van der Waals surface area contributed by atoms with Crippen molar-refractivity contribution in [2.45, 2.75) is 25.3 Å². The Morgan fingerprint density at radius 1 is 1.21 bits per heavy atom. The first-order chi connectivity index (χ1) is 11.7. The maximum Gasteiger partial charge on any atom is 0.317 e.